The molecule has 1 heterocycles. The molecule has 1 aliphatic rings. The first-order valence-electron chi connectivity index (χ1n) is 12.2. The highest BCUT2D eigenvalue weighted by Crippen LogP contribution is 2.15. The Hall–Kier alpha value is -1.10. The molecule has 5 nitrogen and oxygen atoms in total. The van der Waals surface area contributed by atoms with E-state index in [9.17, 15) is 9.59 Å². The maximum absolute atomic E-state index is 11.8. The lowest BCUT2D eigenvalue weighted by Gasteiger charge is -2.15. The van der Waals surface area contributed by atoms with Gasteiger partial charge < -0.3 is 9.47 Å². The van der Waals surface area contributed by atoms with Gasteiger partial charge in [-0.2, -0.15) is 0 Å². The van der Waals surface area contributed by atoms with Crippen LogP contribution in [0.1, 0.15) is 110 Å². The lowest BCUT2D eigenvalue weighted by molar-refractivity contribution is -0.148. The summed E-state index contributed by atoms with van der Waals surface area (Å²) < 4.78 is 10.7. The van der Waals surface area contributed by atoms with Crippen LogP contribution < -0.4 is 0 Å². The van der Waals surface area contributed by atoms with Crippen molar-refractivity contribution in [2.75, 3.05) is 26.2 Å². The van der Waals surface area contributed by atoms with Crippen molar-refractivity contribution in [3.05, 3.63) is 0 Å². The fraction of sp³-hybridized carbons (Fsp3) is 0.917. The molecule has 1 fully saturated rings. The second-order valence-corrected chi connectivity index (χ2v) is 8.41. The summed E-state index contributed by atoms with van der Waals surface area (Å²) >= 11 is 0. The van der Waals surface area contributed by atoms with E-state index in [2.05, 4.69) is 11.8 Å². The van der Waals surface area contributed by atoms with E-state index in [4.69, 9.17) is 9.47 Å². The predicted molar refractivity (Wildman–Crippen MR) is 118 cm³/mol. The van der Waals surface area contributed by atoms with Gasteiger partial charge >= 0.3 is 11.9 Å². The van der Waals surface area contributed by atoms with E-state index >= 15 is 0 Å². The van der Waals surface area contributed by atoms with E-state index in [1.807, 2.05) is 6.92 Å². The molecular formula is C24H45NO4. The Kier molecular flexibility index (Phi) is 15.9. The van der Waals surface area contributed by atoms with Crippen molar-refractivity contribution in [3.8, 4) is 0 Å². The van der Waals surface area contributed by atoms with Gasteiger partial charge in [-0.15, -0.1) is 0 Å². The summed E-state index contributed by atoms with van der Waals surface area (Å²) in [6.45, 7) is 7.54. The number of esters is 2. The van der Waals surface area contributed by atoms with Crippen molar-refractivity contribution < 1.29 is 19.1 Å². The molecule has 0 amide bonds. The third kappa shape index (κ3) is 14.5. The molecule has 0 N–H and O–H groups in total. The van der Waals surface area contributed by atoms with Crippen LogP contribution in [-0.4, -0.2) is 49.2 Å². The summed E-state index contributed by atoms with van der Waals surface area (Å²) in [4.78, 5) is 25.5. The fourth-order valence-corrected chi connectivity index (χ4v) is 3.82. The quantitative estimate of drug-likeness (QED) is 0.215. The third-order valence-electron chi connectivity index (χ3n) is 5.68. The number of rotatable bonds is 18. The second-order valence-electron chi connectivity index (χ2n) is 8.41. The van der Waals surface area contributed by atoms with Gasteiger partial charge in [0.1, 0.15) is 6.10 Å². The molecule has 0 radical (unpaired) electrons. The first kappa shape index (κ1) is 25.9. The molecule has 0 aromatic heterocycles. The smallest absolute Gasteiger partial charge is 0.305 e. The molecule has 5 heteroatoms. The molecule has 0 spiro atoms. The molecule has 29 heavy (non-hydrogen) atoms. The van der Waals surface area contributed by atoms with E-state index < -0.39 is 0 Å². The van der Waals surface area contributed by atoms with Gasteiger partial charge in [0.15, 0.2) is 0 Å². The Morgan fingerprint density at radius 2 is 1.48 bits per heavy atom. The molecule has 1 rings (SSSR count). The first-order chi connectivity index (χ1) is 14.2. The van der Waals surface area contributed by atoms with Crippen LogP contribution in [0.3, 0.4) is 0 Å². The molecule has 0 saturated carbocycles. The largest absolute Gasteiger partial charge is 0.466 e. The van der Waals surface area contributed by atoms with Gasteiger partial charge in [0.25, 0.3) is 0 Å². The zero-order chi connectivity index (χ0) is 21.2. The minimum atomic E-state index is -0.0993. The number of ether oxygens (including phenoxy) is 2. The highest BCUT2D eigenvalue weighted by molar-refractivity contribution is 5.69. The molecule has 0 bridgehead atoms. The van der Waals surface area contributed by atoms with E-state index in [1.54, 1.807) is 0 Å². The molecular weight excluding hydrogens is 366 g/mol. The van der Waals surface area contributed by atoms with Gasteiger partial charge in [-0.3, -0.25) is 14.5 Å². The molecule has 170 valence electrons. The number of nitrogens with zero attached hydrogens (tertiary/aromatic N) is 1. The molecule has 1 unspecified atom stereocenters. The van der Waals surface area contributed by atoms with Crippen molar-refractivity contribution in [2.45, 2.75) is 116 Å². The van der Waals surface area contributed by atoms with Crippen molar-refractivity contribution in [1.82, 2.24) is 4.90 Å². The molecule has 1 atom stereocenters. The Balaban J connectivity index is 1.84. The third-order valence-corrected chi connectivity index (χ3v) is 5.68. The fourth-order valence-electron chi connectivity index (χ4n) is 3.82. The van der Waals surface area contributed by atoms with Crippen molar-refractivity contribution in [1.29, 1.82) is 0 Å². The SMILES string of the molecule is CCCCCCCCCCCOC(=O)CCCCCN1CCC(OC(=O)CC)C1. The molecule has 0 aromatic rings. The Labute approximate surface area is 178 Å². The molecule has 1 saturated heterocycles. The van der Waals surface area contributed by atoms with Crippen LogP contribution in [0.4, 0.5) is 0 Å². The zero-order valence-electron chi connectivity index (χ0n) is 19.1. The lowest BCUT2D eigenvalue weighted by Crippen LogP contribution is -2.25. The van der Waals surface area contributed by atoms with Gasteiger partial charge in [0.05, 0.1) is 6.61 Å². The molecule has 1 aliphatic heterocycles. The van der Waals surface area contributed by atoms with Crippen LogP contribution in [0, 0.1) is 0 Å². The summed E-state index contributed by atoms with van der Waals surface area (Å²) in [6, 6.07) is 0. The van der Waals surface area contributed by atoms with Crippen molar-refractivity contribution in [3.63, 3.8) is 0 Å². The highest BCUT2D eigenvalue weighted by atomic mass is 16.5. The monoisotopic (exact) mass is 411 g/mol. The summed E-state index contributed by atoms with van der Waals surface area (Å²) in [5, 5.41) is 0. The van der Waals surface area contributed by atoms with E-state index in [0.717, 1.165) is 51.7 Å². The maximum atomic E-state index is 11.8. The summed E-state index contributed by atoms with van der Waals surface area (Å²) in [5.41, 5.74) is 0. The van der Waals surface area contributed by atoms with Crippen LogP contribution in [0.15, 0.2) is 0 Å². The first-order valence-corrected chi connectivity index (χ1v) is 12.2. The van der Waals surface area contributed by atoms with Crippen molar-refractivity contribution >= 4 is 11.9 Å². The summed E-state index contributed by atoms with van der Waals surface area (Å²) in [5.74, 6) is -0.143. The van der Waals surface area contributed by atoms with Gasteiger partial charge in [0.2, 0.25) is 0 Å². The predicted octanol–water partition coefficient (Wildman–Crippen LogP) is 5.65. The van der Waals surface area contributed by atoms with E-state index in [-0.39, 0.29) is 18.0 Å². The standard InChI is InChI=1S/C24H45NO4/c1-3-5-6-7-8-9-10-11-15-20-28-24(27)16-13-12-14-18-25-19-17-22(21-25)29-23(26)4-2/h22H,3-21H2,1-2H3. The van der Waals surface area contributed by atoms with E-state index in [1.165, 1.54) is 51.4 Å². The Morgan fingerprint density at radius 1 is 0.828 bits per heavy atom. The van der Waals surface area contributed by atoms with Gasteiger partial charge in [-0.25, -0.2) is 0 Å². The van der Waals surface area contributed by atoms with Gasteiger partial charge in [-0.1, -0.05) is 71.6 Å². The minimum Gasteiger partial charge on any atom is -0.466 e. The number of unbranched alkanes of at least 4 members (excludes halogenated alkanes) is 10. The number of hydrogen-bond acceptors (Lipinski definition) is 5. The Morgan fingerprint density at radius 3 is 2.17 bits per heavy atom. The molecule has 0 aliphatic carbocycles. The second kappa shape index (κ2) is 17.7. The number of hydrogen-bond donors (Lipinski definition) is 0. The Bertz CT molecular complexity index is 427. The number of carbonyl (C=O) groups is 2. The van der Waals surface area contributed by atoms with Crippen molar-refractivity contribution in [2.24, 2.45) is 0 Å². The number of likely N-dealkylation sites (tertiary alicyclic amines) is 1. The minimum absolute atomic E-state index is 0.0442. The van der Waals surface area contributed by atoms with Crippen LogP contribution in [0.2, 0.25) is 0 Å². The lowest BCUT2D eigenvalue weighted by atomic mass is 10.1. The maximum Gasteiger partial charge on any atom is 0.305 e. The number of carbonyl (C=O) groups excluding carboxylic acids is 2. The summed E-state index contributed by atoms with van der Waals surface area (Å²) in [6.07, 6.45) is 16.5. The van der Waals surface area contributed by atoms with Crippen LogP contribution >= 0.6 is 0 Å². The zero-order valence-corrected chi connectivity index (χ0v) is 19.1. The van der Waals surface area contributed by atoms with Gasteiger partial charge in [0, 0.05) is 25.9 Å². The van der Waals surface area contributed by atoms with Gasteiger partial charge in [-0.05, 0) is 32.2 Å². The normalized spacial score (nSPS) is 16.8. The summed E-state index contributed by atoms with van der Waals surface area (Å²) in [7, 11) is 0. The molecule has 0 aromatic carbocycles. The van der Waals surface area contributed by atoms with Crippen LogP contribution in [0.25, 0.3) is 0 Å². The van der Waals surface area contributed by atoms with Crippen LogP contribution in [-0.2, 0) is 19.1 Å². The average Bonchev–Trinajstić information content (AvgIpc) is 3.16. The average molecular weight is 412 g/mol. The van der Waals surface area contributed by atoms with Crippen LogP contribution in [0.5, 0.6) is 0 Å². The highest BCUT2D eigenvalue weighted by Gasteiger charge is 2.24. The van der Waals surface area contributed by atoms with E-state index in [0.29, 0.717) is 19.4 Å². The topological polar surface area (TPSA) is 55.8 Å².